The smallest absolute Gasteiger partial charge is 0.248 e. The number of morpholine rings is 1. The van der Waals surface area contributed by atoms with E-state index in [1.807, 2.05) is 11.0 Å². The summed E-state index contributed by atoms with van der Waals surface area (Å²) >= 11 is 0. The molecule has 0 radical (unpaired) electrons. The lowest BCUT2D eigenvalue weighted by Gasteiger charge is -2.34. The van der Waals surface area contributed by atoms with Crippen molar-refractivity contribution in [1.82, 2.24) is 15.1 Å². The highest BCUT2D eigenvalue weighted by atomic mass is 19.1. The van der Waals surface area contributed by atoms with Crippen LogP contribution in [0.2, 0.25) is 0 Å². The van der Waals surface area contributed by atoms with Gasteiger partial charge < -0.3 is 14.4 Å². The van der Waals surface area contributed by atoms with Gasteiger partial charge in [0.15, 0.2) is 0 Å². The van der Waals surface area contributed by atoms with Gasteiger partial charge in [-0.1, -0.05) is 12.1 Å². The molecule has 2 aliphatic rings. The summed E-state index contributed by atoms with van der Waals surface area (Å²) in [7, 11) is 0. The molecule has 7 heteroatoms. The fourth-order valence-electron chi connectivity index (χ4n) is 3.63. The van der Waals surface area contributed by atoms with Crippen molar-refractivity contribution in [3.05, 3.63) is 42.0 Å². The average molecular weight is 359 g/mol. The van der Waals surface area contributed by atoms with E-state index in [4.69, 9.17) is 9.47 Å². The molecule has 1 aromatic heterocycles. The highest BCUT2D eigenvalue weighted by Crippen LogP contribution is 2.34. The van der Waals surface area contributed by atoms with E-state index in [1.54, 1.807) is 18.5 Å². The molecule has 6 nitrogen and oxygen atoms in total. The highest BCUT2D eigenvalue weighted by molar-refractivity contribution is 5.78. The van der Waals surface area contributed by atoms with Crippen LogP contribution in [0.15, 0.2) is 30.6 Å². The molecule has 4 rings (SSSR count). The topological polar surface area (TPSA) is 67.5 Å². The summed E-state index contributed by atoms with van der Waals surface area (Å²) < 4.78 is 25.7. The minimum Gasteiger partial charge on any atom is -0.373 e. The number of ether oxygens (including phenoxy) is 2. The van der Waals surface area contributed by atoms with Crippen LogP contribution < -0.4 is 0 Å². The largest absolute Gasteiger partial charge is 0.373 e. The summed E-state index contributed by atoms with van der Waals surface area (Å²) in [6.45, 7) is 2.64. The molecule has 26 heavy (non-hydrogen) atoms. The number of carbonyl (C=O) groups excluding carboxylic acids is 1. The molecule has 0 saturated carbocycles. The minimum absolute atomic E-state index is 0.0410. The van der Waals surface area contributed by atoms with E-state index < -0.39 is 0 Å². The lowest BCUT2D eigenvalue weighted by Crippen LogP contribution is -2.45. The predicted octanol–water partition coefficient (Wildman–Crippen LogP) is 2.54. The first-order chi connectivity index (χ1) is 12.7. The van der Waals surface area contributed by atoms with Crippen LogP contribution in [0.4, 0.5) is 4.39 Å². The van der Waals surface area contributed by atoms with Gasteiger partial charge in [-0.15, -0.1) is 0 Å². The Balaban J connectivity index is 1.36. The van der Waals surface area contributed by atoms with Crippen molar-refractivity contribution >= 4 is 5.91 Å². The number of aromatic amines is 1. The number of aromatic nitrogens is 2. The Hall–Kier alpha value is -2.25. The molecular formula is C19H22FN3O3. The Labute approximate surface area is 151 Å². The maximum Gasteiger partial charge on any atom is 0.248 e. The molecule has 0 bridgehead atoms. The van der Waals surface area contributed by atoms with E-state index in [-0.39, 0.29) is 24.4 Å². The molecule has 2 atom stereocenters. The van der Waals surface area contributed by atoms with Gasteiger partial charge in [0.25, 0.3) is 0 Å². The third kappa shape index (κ3) is 3.64. The summed E-state index contributed by atoms with van der Waals surface area (Å²) in [6.07, 6.45) is 4.85. The molecular weight excluding hydrogens is 337 g/mol. The number of amides is 1. The second-order valence-corrected chi connectivity index (χ2v) is 6.88. The Morgan fingerprint density at radius 2 is 2.23 bits per heavy atom. The van der Waals surface area contributed by atoms with Crippen LogP contribution in [-0.2, 0) is 14.3 Å². The Morgan fingerprint density at radius 1 is 1.31 bits per heavy atom. The summed E-state index contributed by atoms with van der Waals surface area (Å²) in [5.41, 5.74) is 2.24. The highest BCUT2D eigenvalue weighted by Gasteiger charge is 2.28. The van der Waals surface area contributed by atoms with Gasteiger partial charge in [-0.25, -0.2) is 4.39 Å². The second-order valence-electron chi connectivity index (χ2n) is 6.88. The Bertz CT molecular complexity index is 757. The van der Waals surface area contributed by atoms with Crippen molar-refractivity contribution in [1.29, 1.82) is 0 Å². The van der Waals surface area contributed by atoms with Crippen LogP contribution in [0.1, 0.15) is 24.5 Å². The van der Waals surface area contributed by atoms with Gasteiger partial charge in [0.05, 0.1) is 25.5 Å². The summed E-state index contributed by atoms with van der Waals surface area (Å²) in [5.74, 6) is 0.0799. The van der Waals surface area contributed by atoms with Gasteiger partial charge in [0.2, 0.25) is 5.91 Å². The Morgan fingerprint density at radius 3 is 2.92 bits per heavy atom. The molecule has 1 N–H and O–H groups in total. The number of nitrogens with one attached hydrogen (secondary N) is 1. The van der Waals surface area contributed by atoms with Crippen LogP contribution >= 0.6 is 0 Å². The molecule has 3 heterocycles. The monoisotopic (exact) mass is 359 g/mol. The van der Waals surface area contributed by atoms with E-state index >= 15 is 0 Å². The molecule has 0 unspecified atom stereocenters. The van der Waals surface area contributed by atoms with Crippen LogP contribution in [0, 0.1) is 11.7 Å². The number of benzene rings is 1. The van der Waals surface area contributed by atoms with E-state index in [1.165, 1.54) is 6.07 Å². The molecule has 0 aliphatic carbocycles. The molecule has 1 amide bonds. The number of hydrogen-bond donors (Lipinski definition) is 1. The molecule has 2 aromatic rings. The third-order valence-electron chi connectivity index (χ3n) is 5.11. The minimum atomic E-state index is -0.254. The molecule has 0 spiro atoms. The number of rotatable bonds is 4. The van der Waals surface area contributed by atoms with Crippen LogP contribution in [-0.4, -0.2) is 53.9 Å². The van der Waals surface area contributed by atoms with Crippen molar-refractivity contribution in [2.24, 2.45) is 5.92 Å². The van der Waals surface area contributed by atoms with E-state index in [9.17, 15) is 9.18 Å². The zero-order chi connectivity index (χ0) is 17.9. The van der Waals surface area contributed by atoms with Gasteiger partial charge in [-0.3, -0.25) is 9.89 Å². The molecule has 2 saturated heterocycles. The summed E-state index contributed by atoms with van der Waals surface area (Å²) in [5, 5.41) is 6.63. The van der Waals surface area contributed by atoms with Gasteiger partial charge in [0, 0.05) is 36.3 Å². The van der Waals surface area contributed by atoms with Crippen LogP contribution in [0.5, 0.6) is 0 Å². The summed E-state index contributed by atoms with van der Waals surface area (Å²) in [4.78, 5) is 13.7. The first kappa shape index (κ1) is 17.2. The third-order valence-corrected chi connectivity index (χ3v) is 5.11. The quantitative estimate of drug-likeness (QED) is 0.911. The van der Waals surface area contributed by atoms with Crippen molar-refractivity contribution < 1.29 is 18.7 Å². The number of carbonyl (C=O) groups is 1. The SMILES string of the molecule is O=C1COCCN1C[C@H]1CC[C@H](c2ccc(-c3cn[nH]c3)cc2F)OC1. The fourth-order valence-corrected chi connectivity index (χ4v) is 3.63. The normalized spacial score (nSPS) is 24.0. The average Bonchev–Trinajstić information content (AvgIpc) is 3.19. The second kappa shape index (κ2) is 7.55. The standard InChI is InChI=1S/C19H22FN3O3/c20-17-7-14(15-8-21-22-9-15)2-3-16(17)18-4-1-13(11-26-18)10-23-5-6-25-12-19(23)24/h2-3,7-9,13,18H,1,4-6,10-12H2,(H,21,22)/t13-,18-/m1/s1. The van der Waals surface area contributed by atoms with Gasteiger partial charge in [-0.05, 0) is 24.5 Å². The summed E-state index contributed by atoms with van der Waals surface area (Å²) in [6, 6.07) is 5.22. The van der Waals surface area contributed by atoms with Gasteiger partial charge >= 0.3 is 0 Å². The van der Waals surface area contributed by atoms with Gasteiger partial charge in [-0.2, -0.15) is 5.10 Å². The van der Waals surface area contributed by atoms with Gasteiger partial charge in [0.1, 0.15) is 12.4 Å². The number of nitrogens with zero attached hydrogens (tertiary/aromatic N) is 2. The predicted molar refractivity (Wildman–Crippen MR) is 92.8 cm³/mol. The Kier molecular flexibility index (Phi) is 4.99. The van der Waals surface area contributed by atoms with E-state index in [0.717, 1.165) is 24.0 Å². The molecule has 138 valence electrons. The number of halogens is 1. The zero-order valence-electron chi connectivity index (χ0n) is 14.5. The lowest BCUT2D eigenvalue weighted by atomic mass is 9.93. The molecule has 2 fully saturated rings. The maximum atomic E-state index is 14.6. The van der Waals surface area contributed by atoms with Crippen molar-refractivity contribution in [2.45, 2.75) is 18.9 Å². The van der Waals surface area contributed by atoms with Crippen molar-refractivity contribution in [3.63, 3.8) is 0 Å². The number of hydrogen-bond acceptors (Lipinski definition) is 4. The molecule has 2 aliphatic heterocycles. The first-order valence-corrected chi connectivity index (χ1v) is 8.96. The van der Waals surface area contributed by atoms with E-state index in [2.05, 4.69) is 10.2 Å². The number of H-pyrrole nitrogens is 1. The molecule has 1 aromatic carbocycles. The lowest BCUT2D eigenvalue weighted by molar-refractivity contribution is -0.144. The first-order valence-electron chi connectivity index (χ1n) is 8.96. The van der Waals surface area contributed by atoms with Crippen LogP contribution in [0.3, 0.4) is 0 Å². The van der Waals surface area contributed by atoms with E-state index in [0.29, 0.717) is 37.8 Å². The van der Waals surface area contributed by atoms with Crippen LogP contribution in [0.25, 0.3) is 11.1 Å². The van der Waals surface area contributed by atoms with Crippen molar-refractivity contribution in [3.8, 4) is 11.1 Å². The van der Waals surface area contributed by atoms with Crippen molar-refractivity contribution in [2.75, 3.05) is 32.9 Å². The maximum absolute atomic E-state index is 14.6. The fraction of sp³-hybridized carbons (Fsp3) is 0.474. The zero-order valence-corrected chi connectivity index (χ0v) is 14.5.